The fourth-order valence-electron chi connectivity index (χ4n) is 0.913. The first-order valence-corrected chi connectivity index (χ1v) is 4.39. The zero-order valence-electron chi connectivity index (χ0n) is 7.72. The van der Waals surface area contributed by atoms with Gasteiger partial charge in [0.1, 0.15) is 0 Å². The van der Waals surface area contributed by atoms with Crippen molar-refractivity contribution in [3.8, 4) is 0 Å². The lowest BCUT2D eigenvalue weighted by molar-refractivity contribution is -0.147. The number of unbranched alkanes of at least 4 members (excludes halogenated alkanes) is 1. The smallest absolute Gasteiger partial charge is 0.308 e. The molecule has 2 nitrogen and oxygen atoms in total. The SMILES string of the molecule is CCCC[C@H](C)C(=O)OCC. The molecule has 0 aliphatic carbocycles. The van der Waals surface area contributed by atoms with Crippen molar-refractivity contribution in [1.82, 2.24) is 0 Å². The number of hydrogen-bond donors (Lipinski definition) is 0. The predicted octanol–water partition coefficient (Wildman–Crippen LogP) is 2.38. The van der Waals surface area contributed by atoms with Crippen molar-refractivity contribution in [2.45, 2.75) is 40.0 Å². The minimum absolute atomic E-state index is 0.0547. The maximum Gasteiger partial charge on any atom is 0.308 e. The second kappa shape index (κ2) is 6.20. The van der Waals surface area contributed by atoms with Gasteiger partial charge in [0.2, 0.25) is 0 Å². The van der Waals surface area contributed by atoms with Crippen molar-refractivity contribution in [1.29, 1.82) is 0 Å². The predicted molar refractivity (Wildman–Crippen MR) is 45.3 cm³/mol. The van der Waals surface area contributed by atoms with Crippen LogP contribution in [0.3, 0.4) is 0 Å². The van der Waals surface area contributed by atoms with Crippen LogP contribution in [0.4, 0.5) is 0 Å². The molecular formula is C9H18O2. The Kier molecular flexibility index (Phi) is 5.90. The Labute approximate surface area is 68.9 Å². The summed E-state index contributed by atoms with van der Waals surface area (Å²) >= 11 is 0. The molecule has 0 rings (SSSR count). The van der Waals surface area contributed by atoms with Gasteiger partial charge in [0.25, 0.3) is 0 Å². The van der Waals surface area contributed by atoms with Crippen LogP contribution in [-0.2, 0) is 9.53 Å². The first-order valence-electron chi connectivity index (χ1n) is 4.39. The summed E-state index contributed by atoms with van der Waals surface area (Å²) in [5.41, 5.74) is 0. The lowest BCUT2D eigenvalue weighted by atomic mass is 10.1. The molecule has 0 saturated heterocycles. The van der Waals surface area contributed by atoms with Crippen LogP contribution in [0.2, 0.25) is 0 Å². The van der Waals surface area contributed by atoms with E-state index >= 15 is 0 Å². The van der Waals surface area contributed by atoms with Crippen molar-refractivity contribution in [3.63, 3.8) is 0 Å². The van der Waals surface area contributed by atoms with E-state index in [-0.39, 0.29) is 11.9 Å². The van der Waals surface area contributed by atoms with Crippen LogP contribution in [0.5, 0.6) is 0 Å². The topological polar surface area (TPSA) is 26.3 Å². The van der Waals surface area contributed by atoms with Crippen molar-refractivity contribution < 1.29 is 9.53 Å². The number of hydrogen-bond acceptors (Lipinski definition) is 2. The fourth-order valence-corrected chi connectivity index (χ4v) is 0.913. The van der Waals surface area contributed by atoms with E-state index in [1.165, 1.54) is 0 Å². The Hall–Kier alpha value is -0.530. The minimum atomic E-state index is -0.0547. The van der Waals surface area contributed by atoms with Gasteiger partial charge in [0.15, 0.2) is 0 Å². The molecular weight excluding hydrogens is 140 g/mol. The minimum Gasteiger partial charge on any atom is -0.466 e. The second-order valence-corrected chi connectivity index (χ2v) is 2.80. The van der Waals surface area contributed by atoms with E-state index in [4.69, 9.17) is 4.74 Å². The number of ether oxygens (including phenoxy) is 1. The van der Waals surface area contributed by atoms with E-state index in [0.717, 1.165) is 19.3 Å². The molecule has 0 aliphatic heterocycles. The summed E-state index contributed by atoms with van der Waals surface area (Å²) in [7, 11) is 0. The van der Waals surface area contributed by atoms with Crippen LogP contribution in [0.1, 0.15) is 40.0 Å². The molecule has 2 heteroatoms. The van der Waals surface area contributed by atoms with E-state index in [2.05, 4.69) is 6.92 Å². The van der Waals surface area contributed by atoms with E-state index < -0.39 is 0 Å². The molecule has 11 heavy (non-hydrogen) atoms. The molecule has 0 aromatic carbocycles. The highest BCUT2D eigenvalue weighted by molar-refractivity contribution is 5.71. The molecule has 0 amide bonds. The first kappa shape index (κ1) is 10.5. The van der Waals surface area contributed by atoms with Crippen molar-refractivity contribution in [3.05, 3.63) is 0 Å². The van der Waals surface area contributed by atoms with Crippen molar-refractivity contribution >= 4 is 5.97 Å². The van der Waals surface area contributed by atoms with Gasteiger partial charge < -0.3 is 4.74 Å². The molecule has 0 aromatic heterocycles. The highest BCUT2D eigenvalue weighted by Gasteiger charge is 2.11. The van der Waals surface area contributed by atoms with E-state index in [9.17, 15) is 4.79 Å². The van der Waals surface area contributed by atoms with E-state index in [0.29, 0.717) is 6.61 Å². The number of carbonyl (C=O) groups excluding carboxylic acids is 1. The van der Waals surface area contributed by atoms with Gasteiger partial charge in [0.05, 0.1) is 12.5 Å². The maximum absolute atomic E-state index is 11.0. The van der Waals surface area contributed by atoms with Crippen molar-refractivity contribution in [2.24, 2.45) is 5.92 Å². The normalized spacial score (nSPS) is 12.6. The Balaban J connectivity index is 3.46. The first-order chi connectivity index (χ1) is 5.22. The highest BCUT2D eigenvalue weighted by Crippen LogP contribution is 2.08. The Morgan fingerprint density at radius 1 is 1.45 bits per heavy atom. The number of rotatable bonds is 5. The number of carbonyl (C=O) groups is 1. The Bertz CT molecular complexity index is 110. The van der Waals surface area contributed by atoms with Gasteiger partial charge in [-0.05, 0) is 13.3 Å². The van der Waals surface area contributed by atoms with Gasteiger partial charge in [-0.1, -0.05) is 26.7 Å². The molecule has 0 unspecified atom stereocenters. The van der Waals surface area contributed by atoms with Gasteiger partial charge in [0, 0.05) is 0 Å². The highest BCUT2D eigenvalue weighted by atomic mass is 16.5. The van der Waals surface area contributed by atoms with E-state index in [1.54, 1.807) is 0 Å². The summed E-state index contributed by atoms with van der Waals surface area (Å²) < 4.78 is 4.86. The molecule has 0 spiro atoms. The zero-order valence-corrected chi connectivity index (χ0v) is 7.72. The third kappa shape index (κ3) is 4.82. The summed E-state index contributed by atoms with van der Waals surface area (Å²) in [5, 5.41) is 0. The molecule has 0 aromatic rings. The van der Waals surface area contributed by atoms with Gasteiger partial charge >= 0.3 is 5.97 Å². The molecule has 0 N–H and O–H groups in total. The van der Waals surface area contributed by atoms with Crippen LogP contribution in [0, 0.1) is 5.92 Å². The third-order valence-corrected chi connectivity index (χ3v) is 1.68. The lowest BCUT2D eigenvalue weighted by Crippen LogP contribution is -2.14. The molecule has 0 aliphatic rings. The molecule has 0 radical (unpaired) electrons. The summed E-state index contributed by atoms with van der Waals surface area (Å²) in [6, 6.07) is 0. The Morgan fingerprint density at radius 2 is 2.09 bits per heavy atom. The third-order valence-electron chi connectivity index (χ3n) is 1.68. The molecule has 0 heterocycles. The second-order valence-electron chi connectivity index (χ2n) is 2.80. The maximum atomic E-state index is 11.0. The summed E-state index contributed by atoms with van der Waals surface area (Å²) in [6.45, 7) is 6.38. The average molecular weight is 158 g/mol. The largest absolute Gasteiger partial charge is 0.466 e. The molecule has 66 valence electrons. The van der Waals surface area contributed by atoms with Gasteiger partial charge in [-0.15, -0.1) is 0 Å². The number of esters is 1. The fraction of sp³-hybridized carbons (Fsp3) is 0.889. The zero-order chi connectivity index (χ0) is 8.69. The summed E-state index contributed by atoms with van der Waals surface area (Å²) in [6.07, 6.45) is 3.21. The van der Waals surface area contributed by atoms with Crippen LogP contribution >= 0.6 is 0 Å². The van der Waals surface area contributed by atoms with Gasteiger partial charge in [-0.25, -0.2) is 0 Å². The molecule has 0 fully saturated rings. The van der Waals surface area contributed by atoms with Crippen LogP contribution < -0.4 is 0 Å². The van der Waals surface area contributed by atoms with Gasteiger partial charge in [-0.2, -0.15) is 0 Å². The van der Waals surface area contributed by atoms with Gasteiger partial charge in [-0.3, -0.25) is 4.79 Å². The standard InChI is InChI=1S/C9H18O2/c1-4-6-7-8(3)9(10)11-5-2/h8H,4-7H2,1-3H3/t8-/m0/s1. The molecule has 0 saturated carbocycles. The summed E-state index contributed by atoms with van der Waals surface area (Å²) in [4.78, 5) is 11.0. The summed E-state index contributed by atoms with van der Waals surface area (Å²) in [5.74, 6) is 0.0239. The van der Waals surface area contributed by atoms with E-state index in [1.807, 2.05) is 13.8 Å². The molecule has 0 bridgehead atoms. The molecule has 1 atom stereocenters. The average Bonchev–Trinajstić information content (AvgIpc) is 2.00. The van der Waals surface area contributed by atoms with Crippen molar-refractivity contribution in [2.75, 3.05) is 6.61 Å². The quantitative estimate of drug-likeness (QED) is 0.574. The lowest BCUT2D eigenvalue weighted by Gasteiger charge is -2.08. The van der Waals surface area contributed by atoms with Crippen LogP contribution in [-0.4, -0.2) is 12.6 Å². The van der Waals surface area contributed by atoms with Crippen LogP contribution in [0.15, 0.2) is 0 Å². The monoisotopic (exact) mass is 158 g/mol. The Morgan fingerprint density at radius 3 is 2.55 bits per heavy atom. The van der Waals surface area contributed by atoms with Crippen LogP contribution in [0.25, 0.3) is 0 Å².